The molecule has 0 bridgehead atoms. The average Bonchev–Trinajstić information content (AvgIpc) is 2.70. The lowest BCUT2D eigenvalue weighted by Crippen LogP contribution is -2.15. The van der Waals surface area contributed by atoms with Crippen LogP contribution in [-0.2, 0) is 0 Å². The molecular weight excluding hydrogens is 186 g/mol. The maximum Gasteiger partial charge on any atom is 0.124 e. The monoisotopic (exact) mass is 205 g/mol. The molecule has 0 aromatic heterocycles. The van der Waals surface area contributed by atoms with Crippen LogP contribution in [0.4, 0.5) is 0 Å². The Hall–Kier alpha value is -1.02. The summed E-state index contributed by atoms with van der Waals surface area (Å²) in [5.41, 5.74) is 1.31. The van der Waals surface area contributed by atoms with Gasteiger partial charge >= 0.3 is 0 Å². The number of para-hydroxylation sites is 1. The lowest BCUT2D eigenvalue weighted by atomic mass is 10.0. The predicted octanol–water partition coefficient (Wildman–Crippen LogP) is 2.90. The van der Waals surface area contributed by atoms with Crippen molar-refractivity contribution < 1.29 is 4.74 Å². The van der Waals surface area contributed by atoms with E-state index in [9.17, 15) is 0 Å². The molecule has 2 rings (SSSR count). The Labute approximate surface area is 91.6 Å². The zero-order valence-corrected chi connectivity index (χ0v) is 9.49. The minimum Gasteiger partial charge on any atom is -0.491 e. The van der Waals surface area contributed by atoms with E-state index < -0.39 is 0 Å². The molecule has 0 spiro atoms. The van der Waals surface area contributed by atoms with Gasteiger partial charge in [0.1, 0.15) is 5.75 Å². The molecule has 0 saturated carbocycles. The van der Waals surface area contributed by atoms with Gasteiger partial charge in [-0.25, -0.2) is 0 Å². The second-order valence-electron chi connectivity index (χ2n) is 4.35. The first-order chi connectivity index (χ1) is 7.27. The summed E-state index contributed by atoms with van der Waals surface area (Å²) < 4.78 is 5.82. The van der Waals surface area contributed by atoms with Gasteiger partial charge in [0.2, 0.25) is 0 Å². The first-order valence-electron chi connectivity index (χ1n) is 5.76. The highest BCUT2D eigenvalue weighted by Crippen LogP contribution is 2.31. The van der Waals surface area contributed by atoms with Crippen molar-refractivity contribution in [2.75, 3.05) is 6.54 Å². The highest BCUT2D eigenvalue weighted by molar-refractivity contribution is 5.36. The van der Waals surface area contributed by atoms with Crippen LogP contribution in [0.1, 0.15) is 38.3 Å². The lowest BCUT2D eigenvalue weighted by molar-refractivity contribution is 0.238. The zero-order chi connectivity index (χ0) is 10.7. The Kier molecular flexibility index (Phi) is 3.27. The minimum absolute atomic E-state index is 0.243. The van der Waals surface area contributed by atoms with Crippen molar-refractivity contribution >= 4 is 0 Å². The van der Waals surface area contributed by atoms with Gasteiger partial charge in [-0.3, -0.25) is 0 Å². The molecule has 15 heavy (non-hydrogen) atoms. The summed E-state index contributed by atoms with van der Waals surface area (Å²) >= 11 is 0. The molecule has 1 saturated heterocycles. The van der Waals surface area contributed by atoms with Crippen molar-refractivity contribution in [3.63, 3.8) is 0 Å². The number of nitrogens with one attached hydrogen (secondary N) is 1. The van der Waals surface area contributed by atoms with Gasteiger partial charge in [0.15, 0.2) is 0 Å². The van der Waals surface area contributed by atoms with Crippen molar-refractivity contribution in [1.29, 1.82) is 0 Å². The maximum atomic E-state index is 5.82. The molecule has 0 unspecified atom stereocenters. The molecule has 2 nitrogen and oxygen atoms in total. The quantitative estimate of drug-likeness (QED) is 0.819. The van der Waals surface area contributed by atoms with Gasteiger partial charge in [0.25, 0.3) is 0 Å². The van der Waals surface area contributed by atoms with E-state index in [1.807, 2.05) is 6.07 Å². The topological polar surface area (TPSA) is 21.3 Å². The second kappa shape index (κ2) is 4.67. The summed E-state index contributed by atoms with van der Waals surface area (Å²) in [4.78, 5) is 0. The van der Waals surface area contributed by atoms with E-state index in [0.717, 1.165) is 12.3 Å². The Bertz CT molecular complexity index is 316. The summed E-state index contributed by atoms with van der Waals surface area (Å²) in [6.07, 6.45) is 2.73. The molecular formula is C13H19NO. The van der Waals surface area contributed by atoms with Crippen LogP contribution in [0.5, 0.6) is 5.75 Å². The summed E-state index contributed by atoms with van der Waals surface area (Å²) in [6, 6.07) is 8.84. The molecule has 2 heteroatoms. The smallest absolute Gasteiger partial charge is 0.124 e. The van der Waals surface area contributed by atoms with Crippen molar-refractivity contribution in [3.8, 4) is 5.75 Å². The number of hydrogen-bond acceptors (Lipinski definition) is 2. The molecule has 82 valence electrons. The number of ether oxygens (including phenoxy) is 1. The maximum absolute atomic E-state index is 5.82. The average molecular weight is 205 g/mol. The Morgan fingerprint density at radius 2 is 2.13 bits per heavy atom. The van der Waals surface area contributed by atoms with E-state index in [0.29, 0.717) is 6.04 Å². The molecule has 0 radical (unpaired) electrons. The van der Waals surface area contributed by atoms with Gasteiger partial charge in [0.05, 0.1) is 6.10 Å². The Balaban J connectivity index is 2.20. The predicted molar refractivity (Wildman–Crippen MR) is 62.2 cm³/mol. The fraction of sp³-hybridized carbons (Fsp3) is 0.538. The van der Waals surface area contributed by atoms with Crippen molar-refractivity contribution in [3.05, 3.63) is 29.8 Å². The highest BCUT2D eigenvalue weighted by Gasteiger charge is 2.19. The summed E-state index contributed by atoms with van der Waals surface area (Å²) in [7, 11) is 0. The Morgan fingerprint density at radius 3 is 2.80 bits per heavy atom. The van der Waals surface area contributed by atoms with E-state index >= 15 is 0 Å². The Morgan fingerprint density at radius 1 is 1.33 bits per heavy atom. The van der Waals surface area contributed by atoms with E-state index in [1.54, 1.807) is 0 Å². The van der Waals surface area contributed by atoms with Gasteiger partial charge in [-0.1, -0.05) is 18.2 Å². The molecule has 1 atom stereocenters. The van der Waals surface area contributed by atoms with Crippen LogP contribution in [0.2, 0.25) is 0 Å². The van der Waals surface area contributed by atoms with Crippen LogP contribution in [0.15, 0.2) is 24.3 Å². The van der Waals surface area contributed by atoms with E-state index in [4.69, 9.17) is 4.74 Å². The number of hydrogen-bond donors (Lipinski definition) is 1. The lowest BCUT2D eigenvalue weighted by Gasteiger charge is -2.18. The molecule has 1 aliphatic heterocycles. The minimum atomic E-state index is 0.243. The second-order valence-corrected chi connectivity index (χ2v) is 4.35. The van der Waals surface area contributed by atoms with Crippen molar-refractivity contribution in [1.82, 2.24) is 5.32 Å². The van der Waals surface area contributed by atoms with Gasteiger partial charge in [-0.2, -0.15) is 0 Å². The summed E-state index contributed by atoms with van der Waals surface area (Å²) in [5, 5.41) is 3.51. The fourth-order valence-electron chi connectivity index (χ4n) is 2.08. The molecule has 0 aliphatic carbocycles. The van der Waals surface area contributed by atoms with Crippen LogP contribution in [-0.4, -0.2) is 12.6 Å². The molecule has 1 heterocycles. The SMILES string of the molecule is CC(C)Oc1ccccc1[C@H]1CCCN1. The van der Waals surface area contributed by atoms with Crippen LogP contribution in [0.25, 0.3) is 0 Å². The highest BCUT2D eigenvalue weighted by atomic mass is 16.5. The largest absolute Gasteiger partial charge is 0.491 e. The number of rotatable bonds is 3. The molecule has 1 aromatic rings. The standard InChI is InChI=1S/C13H19NO/c1-10(2)15-13-8-4-3-6-11(13)12-7-5-9-14-12/h3-4,6,8,10,12,14H,5,7,9H2,1-2H3/t12-/m1/s1. The van der Waals surface area contributed by atoms with E-state index in [2.05, 4.69) is 37.4 Å². The molecule has 1 N–H and O–H groups in total. The summed E-state index contributed by atoms with van der Waals surface area (Å²) in [5.74, 6) is 1.03. The molecule has 0 amide bonds. The molecule has 1 aliphatic rings. The third kappa shape index (κ3) is 2.51. The van der Waals surface area contributed by atoms with E-state index in [-0.39, 0.29) is 6.10 Å². The molecule has 1 fully saturated rings. The first kappa shape index (κ1) is 10.5. The van der Waals surface area contributed by atoms with Crippen LogP contribution >= 0.6 is 0 Å². The van der Waals surface area contributed by atoms with Crippen LogP contribution < -0.4 is 10.1 Å². The van der Waals surface area contributed by atoms with Gasteiger partial charge in [-0.15, -0.1) is 0 Å². The fourth-order valence-corrected chi connectivity index (χ4v) is 2.08. The van der Waals surface area contributed by atoms with Crippen molar-refractivity contribution in [2.45, 2.75) is 38.8 Å². The van der Waals surface area contributed by atoms with Gasteiger partial charge in [-0.05, 0) is 39.3 Å². The van der Waals surface area contributed by atoms with Crippen LogP contribution in [0, 0.1) is 0 Å². The van der Waals surface area contributed by atoms with E-state index in [1.165, 1.54) is 18.4 Å². The molecule has 1 aromatic carbocycles. The third-order valence-electron chi connectivity index (χ3n) is 2.72. The van der Waals surface area contributed by atoms with Gasteiger partial charge < -0.3 is 10.1 Å². The van der Waals surface area contributed by atoms with Crippen LogP contribution in [0.3, 0.4) is 0 Å². The van der Waals surface area contributed by atoms with Crippen molar-refractivity contribution in [2.24, 2.45) is 0 Å². The number of benzene rings is 1. The third-order valence-corrected chi connectivity index (χ3v) is 2.72. The summed E-state index contributed by atoms with van der Waals surface area (Å²) in [6.45, 7) is 5.26. The first-order valence-corrected chi connectivity index (χ1v) is 5.76. The van der Waals surface area contributed by atoms with Gasteiger partial charge in [0, 0.05) is 11.6 Å². The normalized spacial score (nSPS) is 20.9. The zero-order valence-electron chi connectivity index (χ0n) is 9.49.